The van der Waals surface area contributed by atoms with Crippen molar-refractivity contribution in [1.82, 2.24) is 35.2 Å². The van der Waals surface area contributed by atoms with Gasteiger partial charge in [-0.25, -0.2) is 15.1 Å². The maximum Gasteiger partial charge on any atom is 0.225 e. The number of imidazole rings is 1. The van der Waals surface area contributed by atoms with E-state index in [9.17, 15) is 5.21 Å². The van der Waals surface area contributed by atoms with Gasteiger partial charge in [0.25, 0.3) is 0 Å². The van der Waals surface area contributed by atoms with Crippen LogP contribution in [0.3, 0.4) is 0 Å². The van der Waals surface area contributed by atoms with Crippen molar-refractivity contribution in [2.75, 3.05) is 0 Å². The van der Waals surface area contributed by atoms with Gasteiger partial charge in [0.05, 0.1) is 12.1 Å². The summed E-state index contributed by atoms with van der Waals surface area (Å²) >= 11 is 0. The zero-order valence-electron chi connectivity index (χ0n) is 21.0. The molecule has 0 saturated carbocycles. The Morgan fingerprint density at radius 2 is 1.76 bits per heavy atom. The maximum atomic E-state index is 12.3. The number of H-pyrrole nitrogens is 1. The Bertz CT molecular complexity index is 1690. The molecule has 6 aromatic rings. The molecule has 0 radical (unpaired) electrons. The number of pyridine rings is 2. The summed E-state index contributed by atoms with van der Waals surface area (Å²) < 4.78 is 3.05. The van der Waals surface area contributed by atoms with Crippen molar-refractivity contribution >= 4 is 11.2 Å². The summed E-state index contributed by atoms with van der Waals surface area (Å²) in [6, 6.07) is 23.9. The molecule has 0 bridgehead atoms. The highest BCUT2D eigenvalue weighted by Crippen LogP contribution is 2.30. The van der Waals surface area contributed by atoms with Crippen molar-refractivity contribution < 1.29 is 4.73 Å². The number of hydrogen-bond donors (Lipinski definition) is 1. The number of rotatable bonds is 8. The molecule has 4 aromatic heterocycles. The lowest BCUT2D eigenvalue weighted by Gasteiger charge is -2.11. The third kappa shape index (κ3) is 4.50. The minimum Gasteiger partial charge on any atom is -0.618 e. The zero-order chi connectivity index (χ0) is 25.9. The summed E-state index contributed by atoms with van der Waals surface area (Å²) in [5.74, 6) is 1.64. The molecule has 1 N–H and O–H groups in total. The minimum atomic E-state index is 0.559. The van der Waals surface area contributed by atoms with E-state index < -0.39 is 0 Å². The number of aromatic nitrogens is 8. The van der Waals surface area contributed by atoms with E-state index in [1.54, 1.807) is 18.3 Å². The highest BCUT2D eigenvalue weighted by atomic mass is 16.5. The topological polar surface area (TPSA) is 112 Å². The van der Waals surface area contributed by atoms with Gasteiger partial charge in [-0.05, 0) is 45.7 Å². The highest BCUT2D eigenvalue weighted by molar-refractivity contribution is 5.80. The number of benzene rings is 2. The lowest BCUT2D eigenvalue weighted by atomic mass is 9.98. The van der Waals surface area contributed by atoms with Crippen LogP contribution in [0.1, 0.15) is 31.2 Å². The fourth-order valence-electron chi connectivity index (χ4n) is 4.73. The molecule has 0 spiro atoms. The number of aromatic amines is 1. The summed E-state index contributed by atoms with van der Waals surface area (Å²) in [5.41, 5.74) is 7.16. The molecule has 0 atom stereocenters. The summed E-state index contributed by atoms with van der Waals surface area (Å²) in [7, 11) is 0. The third-order valence-electron chi connectivity index (χ3n) is 6.67. The number of nitrogens with zero attached hydrogens (tertiary/aromatic N) is 7. The van der Waals surface area contributed by atoms with E-state index >= 15 is 0 Å². The Balaban J connectivity index is 1.34. The molecule has 0 saturated heterocycles. The van der Waals surface area contributed by atoms with E-state index in [0.29, 0.717) is 18.1 Å². The Morgan fingerprint density at radius 1 is 0.947 bits per heavy atom. The third-order valence-corrected chi connectivity index (χ3v) is 6.67. The van der Waals surface area contributed by atoms with Crippen LogP contribution in [0.5, 0.6) is 0 Å². The highest BCUT2D eigenvalue weighted by Gasteiger charge is 2.16. The van der Waals surface area contributed by atoms with E-state index in [1.165, 1.54) is 6.20 Å². The number of fused-ring (bicyclic) bond motifs is 1. The van der Waals surface area contributed by atoms with Crippen LogP contribution >= 0.6 is 0 Å². The van der Waals surface area contributed by atoms with Gasteiger partial charge in [-0.2, -0.15) is 4.73 Å². The minimum absolute atomic E-state index is 0.559. The molecule has 0 aliphatic carbocycles. The van der Waals surface area contributed by atoms with Crippen LogP contribution in [0.2, 0.25) is 0 Å². The first-order valence-corrected chi connectivity index (χ1v) is 12.7. The molecule has 0 aliphatic rings. The molecule has 188 valence electrons. The summed E-state index contributed by atoms with van der Waals surface area (Å²) in [6.07, 6.45) is 6.24. The van der Waals surface area contributed by atoms with Crippen LogP contribution in [-0.2, 0) is 13.0 Å². The predicted octanol–water partition coefficient (Wildman–Crippen LogP) is 4.97. The smallest absolute Gasteiger partial charge is 0.225 e. The van der Waals surface area contributed by atoms with Crippen molar-refractivity contribution in [2.45, 2.75) is 32.7 Å². The largest absolute Gasteiger partial charge is 0.618 e. The molecule has 6 rings (SSSR count). The van der Waals surface area contributed by atoms with Crippen molar-refractivity contribution in [3.63, 3.8) is 0 Å². The second kappa shape index (κ2) is 10.2. The lowest BCUT2D eigenvalue weighted by Crippen LogP contribution is -2.27. The molecular weight excluding hydrogens is 476 g/mol. The van der Waals surface area contributed by atoms with E-state index in [2.05, 4.69) is 62.4 Å². The van der Waals surface area contributed by atoms with Gasteiger partial charge in [0.1, 0.15) is 11.3 Å². The first-order chi connectivity index (χ1) is 18.7. The SMILES string of the molecule is CCCCc1nc2cc(-c3cccc[n+]3[O-])cnc2n1Cc1ccc(-c2ccccc2-c2nnn[nH]2)cc1. The summed E-state index contributed by atoms with van der Waals surface area (Å²) in [4.78, 5) is 9.69. The molecule has 9 nitrogen and oxygen atoms in total. The first kappa shape index (κ1) is 23.5. The van der Waals surface area contributed by atoms with Gasteiger partial charge in [-0.3, -0.25) is 0 Å². The van der Waals surface area contributed by atoms with Crippen LogP contribution < -0.4 is 4.73 Å². The predicted molar refractivity (Wildman–Crippen MR) is 145 cm³/mol. The van der Waals surface area contributed by atoms with E-state index in [1.807, 2.05) is 30.3 Å². The van der Waals surface area contributed by atoms with Gasteiger partial charge >= 0.3 is 0 Å². The van der Waals surface area contributed by atoms with Gasteiger partial charge in [-0.1, -0.05) is 61.9 Å². The quantitative estimate of drug-likeness (QED) is 0.232. The summed E-state index contributed by atoms with van der Waals surface area (Å²) in [5, 5.41) is 26.7. The number of tetrazole rings is 1. The Morgan fingerprint density at radius 3 is 2.53 bits per heavy atom. The molecule has 0 aliphatic heterocycles. The fraction of sp³-hybridized carbons (Fsp3) is 0.172. The van der Waals surface area contributed by atoms with Crippen LogP contribution in [-0.4, -0.2) is 35.2 Å². The molecule has 2 aromatic carbocycles. The molecule has 4 heterocycles. The fourth-order valence-corrected chi connectivity index (χ4v) is 4.73. The molecule has 0 amide bonds. The van der Waals surface area contributed by atoms with Crippen molar-refractivity contribution in [3.8, 4) is 33.8 Å². The second-order valence-electron chi connectivity index (χ2n) is 9.19. The van der Waals surface area contributed by atoms with E-state index in [0.717, 1.165) is 68.8 Å². The van der Waals surface area contributed by atoms with Crippen molar-refractivity contribution in [3.05, 3.63) is 102 Å². The monoisotopic (exact) mass is 502 g/mol. The van der Waals surface area contributed by atoms with Crippen LogP contribution in [0.25, 0.3) is 44.9 Å². The van der Waals surface area contributed by atoms with Gasteiger partial charge < -0.3 is 9.77 Å². The molecular formula is C29H26N8O. The van der Waals surface area contributed by atoms with Crippen molar-refractivity contribution in [1.29, 1.82) is 0 Å². The Labute approximate surface area is 219 Å². The standard InChI is InChI=1S/C29H26N8O/c1-2-3-11-27-31-25-17-22(26-10-6-7-16-37(26)38)18-30-29(25)36(27)19-20-12-14-21(15-13-20)23-8-4-5-9-24(23)28-32-34-35-33-28/h4-10,12-18H,2-3,11,19H2,1H3,(H,32,33,34,35). The normalized spacial score (nSPS) is 11.3. The Hall–Kier alpha value is -4.92. The number of nitrogens with one attached hydrogen (secondary N) is 1. The number of unbranched alkanes of at least 4 members (excludes halogenated alkanes) is 1. The van der Waals surface area contributed by atoms with Gasteiger partial charge in [0.15, 0.2) is 17.7 Å². The van der Waals surface area contributed by atoms with Gasteiger partial charge in [0, 0.05) is 30.3 Å². The van der Waals surface area contributed by atoms with Crippen molar-refractivity contribution in [2.24, 2.45) is 0 Å². The van der Waals surface area contributed by atoms with E-state index in [4.69, 9.17) is 9.97 Å². The van der Waals surface area contributed by atoms with E-state index in [-0.39, 0.29) is 0 Å². The molecule has 38 heavy (non-hydrogen) atoms. The van der Waals surface area contributed by atoms with Crippen LogP contribution in [0, 0.1) is 5.21 Å². The Kier molecular flexibility index (Phi) is 6.31. The van der Waals surface area contributed by atoms with Gasteiger partial charge in [-0.15, -0.1) is 5.10 Å². The first-order valence-electron chi connectivity index (χ1n) is 12.7. The van der Waals surface area contributed by atoms with Crippen LogP contribution in [0.4, 0.5) is 0 Å². The second-order valence-corrected chi connectivity index (χ2v) is 9.19. The zero-order valence-corrected chi connectivity index (χ0v) is 21.0. The maximum absolute atomic E-state index is 12.3. The molecule has 9 heteroatoms. The number of aryl methyl sites for hydroxylation is 1. The molecule has 0 fully saturated rings. The van der Waals surface area contributed by atoms with Crippen LogP contribution in [0.15, 0.2) is 85.2 Å². The number of hydrogen-bond acceptors (Lipinski definition) is 6. The average Bonchev–Trinajstić information content (AvgIpc) is 3.61. The van der Waals surface area contributed by atoms with Gasteiger partial charge in [0.2, 0.25) is 5.69 Å². The summed E-state index contributed by atoms with van der Waals surface area (Å²) in [6.45, 7) is 2.83. The lowest BCUT2D eigenvalue weighted by molar-refractivity contribution is -0.593. The molecule has 0 unspecified atom stereocenters. The average molecular weight is 503 g/mol.